The van der Waals surface area contributed by atoms with Gasteiger partial charge in [-0.1, -0.05) is 0 Å². The zero-order valence-electron chi connectivity index (χ0n) is 12.9. The summed E-state index contributed by atoms with van der Waals surface area (Å²) >= 11 is 0. The lowest BCUT2D eigenvalue weighted by atomic mass is 9.76. The van der Waals surface area contributed by atoms with Crippen molar-refractivity contribution in [1.82, 2.24) is 0 Å². The van der Waals surface area contributed by atoms with E-state index in [1.165, 1.54) is 0 Å². The van der Waals surface area contributed by atoms with E-state index in [0.29, 0.717) is 6.07 Å². The van der Waals surface area contributed by atoms with Crippen LogP contribution in [0.4, 0.5) is 17.6 Å². The first-order valence-corrected chi connectivity index (χ1v) is 6.73. The summed E-state index contributed by atoms with van der Waals surface area (Å²) in [4.78, 5) is 0. The van der Waals surface area contributed by atoms with Crippen LogP contribution in [0.2, 0.25) is 0 Å². The molecule has 0 atom stereocenters. The van der Waals surface area contributed by atoms with Crippen LogP contribution >= 0.6 is 0 Å². The van der Waals surface area contributed by atoms with Gasteiger partial charge >= 0.3 is 13.3 Å². The summed E-state index contributed by atoms with van der Waals surface area (Å²) < 4.78 is 64.4. The summed E-state index contributed by atoms with van der Waals surface area (Å²) in [7, 11) is -1.32. The molecule has 0 saturated carbocycles. The molecule has 1 fully saturated rings. The van der Waals surface area contributed by atoms with E-state index in [1.807, 2.05) is 0 Å². The van der Waals surface area contributed by atoms with Crippen LogP contribution in [0.3, 0.4) is 0 Å². The summed E-state index contributed by atoms with van der Waals surface area (Å²) in [5.74, 6) is -2.21. The van der Waals surface area contributed by atoms with Crippen LogP contribution in [0.5, 0.6) is 5.75 Å². The third kappa shape index (κ3) is 2.58. The predicted molar refractivity (Wildman–Crippen MR) is 73.5 cm³/mol. The molecule has 0 amide bonds. The van der Waals surface area contributed by atoms with E-state index < -0.39 is 52.7 Å². The lowest BCUT2D eigenvalue weighted by molar-refractivity contribution is -0.138. The third-order valence-corrected chi connectivity index (χ3v) is 4.33. The van der Waals surface area contributed by atoms with Gasteiger partial charge in [0.25, 0.3) is 0 Å². The first kappa shape index (κ1) is 17.1. The second-order valence-corrected chi connectivity index (χ2v) is 6.39. The quantitative estimate of drug-likeness (QED) is 0.638. The molecule has 1 heterocycles. The molecule has 0 bridgehead atoms. The molecule has 0 unspecified atom stereocenters. The lowest BCUT2D eigenvalue weighted by Crippen LogP contribution is -2.41. The van der Waals surface area contributed by atoms with E-state index in [0.717, 1.165) is 6.92 Å². The average Bonchev–Trinajstić information content (AvgIpc) is 2.54. The lowest BCUT2D eigenvalue weighted by Gasteiger charge is -2.32. The third-order valence-electron chi connectivity index (χ3n) is 4.33. The summed E-state index contributed by atoms with van der Waals surface area (Å²) in [5.41, 5.74) is -3.80. The van der Waals surface area contributed by atoms with Crippen molar-refractivity contribution in [3.05, 3.63) is 23.0 Å². The highest BCUT2D eigenvalue weighted by Gasteiger charge is 2.53. The second-order valence-electron chi connectivity index (χ2n) is 6.39. The highest BCUT2D eigenvalue weighted by Crippen LogP contribution is 2.39. The van der Waals surface area contributed by atoms with Crippen LogP contribution in [0.1, 0.15) is 38.8 Å². The first-order valence-electron chi connectivity index (χ1n) is 6.73. The highest BCUT2D eigenvalue weighted by molar-refractivity contribution is 6.62. The van der Waals surface area contributed by atoms with Crippen LogP contribution in [0.25, 0.3) is 0 Å². The van der Waals surface area contributed by atoms with Crippen molar-refractivity contribution < 1.29 is 32.0 Å². The number of benzene rings is 1. The van der Waals surface area contributed by atoms with Gasteiger partial charge in [-0.25, -0.2) is 4.39 Å². The largest absolute Gasteiger partial charge is 0.505 e. The molecular weight excluding hydrogens is 303 g/mol. The molecule has 8 heteroatoms. The number of hydrogen-bond donors (Lipinski definition) is 1. The Hall–Kier alpha value is -1.28. The number of rotatable bonds is 1. The molecule has 1 aliphatic heterocycles. The zero-order valence-corrected chi connectivity index (χ0v) is 12.9. The van der Waals surface area contributed by atoms with Crippen LogP contribution < -0.4 is 5.46 Å². The van der Waals surface area contributed by atoms with Crippen LogP contribution in [0.15, 0.2) is 6.07 Å². The number of halogens is 4. The van der Waals surface area contributed by atoms with E-state index in [4.69, 9.17) is 9.31 Å². The maximum absolute atomic E-state index is 14.2. The Morgan fingerprint density at radius 3 is 1.95 bits per heavy atom. The molecule has 2 rings (SSSR count). The first-order chi connectivity index (χ1) is 9.78. The summed E-state index contributed by atoms with van der Waals surface area (Å²) in [6, 6.07) is 0.631. The van der Waals surface area contributed by atoms with Crippen molar-refractivity contribution in [3.8, 4) is 5.75 Å². The summed E-state index contributed by atoms with van der Waals surface area (Å²) in [6.07, 6.45) is -4.71. The Bertz CT molecular complexity index is 595. The van der Waals surface area contributed by atoms with Crippen LogP contribution in [-0.4, -0.2) is 23.4 Å². The Labute approximate surface area is 126 Å². The van der Waals surface area contributed by atoms with Gasteiger partial charge < -0.3 is 14.4 Å². The second kappa shape index (κ2) is 4.86. The molecule has 3 nitrogen and oxygen atoms in total. The standard InChI is InChI=1S/C14H17BF4O3/c1-7-8(14(17,18)19)6-9(10(16)11(7)20)15-21-12(2,3)13(4,5)22-15/h6,20H,1-5H3. The number of alkyl halides is 3. The van der Waals surface area contributed by atoms with Gasteiger partial charge in [-0.3, -0.25) is 0 Å². The molecule has 1 aromatic carbocycles. The molecule has 1 N–H and O–H groups in total. The van der Waals surface area contributed by atoms with Crippen molar-refractivity contribution in [1.29, 1.82) is 0 Å². The van der Waals surface area contributed by atoms with Gasteiger partial charge in [0, 0.05) is 11.0 Å². The average molecular weight is 320 g/mol. The highest BCUT2D eigenvalue weighted by atomic mass is 19.4. The summed E-state index contributed by atoms with van der Waals surface area (Å²) in [6.45, 7) is 7.80. The number of phenols is 1. The molecule has 22 heavy (non-hydrogen) atoms. The van der Waals surface area contributed by atoms with Crippen molar-refractivity contribution in [2.75, 3.05) is 0 Å². The number of phenolic OH excluding ortho intramolecular Hbond substituents is 1. The fourth-order valence-electron chi connectivity index (χ4n) is 2.19. The zero-order chi connectivity index (χ0) is 17.1. The SMILES string of the molecule is Cc1c(C(F)(F)F)cc(B2OC(C)(C)C(C)(C)O2)c(F)c1O. The molecular formula is C14H17BF4O3. The van der Waals surface area contributed by atoms with Crippen molar-refractivity contribution >= 4 is 12.6 Å². The normalized spacial score (nSPS) is 20.5. The Morgan fingerprint density at radius 2 is 1.55 bits per heavy atom. The molecule has 1 aromatic rings. The minimum atomic E-state index is -4.71. The topological polar surface area (TPSA) is 38.7 Å². The maximum Gasteiger partial charge on any atom is 0.498 e. The van der Waals surface area contributed by atoms with Gasteiger partial charge in [0.2, 0.25) is 0 Å². The van der Waals surface area contributed by atoms with Crippen molar-refractivity contribution in [2.24, 2.45) is 0 Å². The molecule has 1 aliphatic rings. The van der Waals surface area contributed by atoms with E-state index in [2.05, 4.69) is 0 Å². The molecule has 0 spiro atoms. The Morgan fingerprint density at radius 1 is 1.09 bits per heavy atom. The van der Waals surface area contributed by atoms with E-state index in [1.54, 1.807) is 27.7 Å². The molecule has 1 saturated heterocycles. The van der Waals surface area contributed by atoms with E-state index >= 15 is 0 Å². The van der Waals surface area contributed by atoms with Gasteiger partial charge in [-0.05, 0) is 40.7 Å². The molecule has 0 radical (unpaired) electrons. The molecule has 0 aromatic heterocycles. The Kier molecular flexibility index (Phi) is 3.77. The predicted octanol–water partition coefficient (Wildman–Crippen LogP) is 3.16. The van der Waals surface area contributed by atoms with Crippen LogP contribution in [-0.2, 0) is 15.5 Å². The number of hydrogen-bond acceptors (Lipinski definition) is 3. The van der Waals surface area contributed by atoms with E-state index in [-0.39, 0.29) is 0 Å². The van der Waals surface area contributed by atoms with Gasteiger partial charge in [-0.15, -0.1) is 0 Å². The smallest absolute Gasteiger partial charge is 0.498 e. The number of aromatic hydroxyl groups is 1. The fourth-order valence-corrected chi connectivity index (χ4v) is 2.19. The maximum atomic E-state index is 14.2. The minimum absolute atomic E-state index is 0.464. The van der Waals surface area contributed by atoms with E-state index in [9.17, 15) is 22.7 Å². The minimum Gasteiger partial charge on any atom is -0.505 e. The Balaban J connectivity index is 2.56. The molecule has 0 aliphatic carbocycles. The summed E-state index contributed by atoms with van der Waals surface area (Å²) in [5, 5.41) is 9.67. The van der Waals surface area contributed by atoms with Gasteiger partial charge in [-0.2, -0.15) is 13.2 Å². The van der Waals surface area contributed by atoms with Gasteiger partial charge in [0.1, 0.15) is 0 Å². The fraction of sp³-hybridized carbons (Fsp3) is 0.571. The van der Waals surface area contributed by atoms with Gasteiger partial charge in [0.05, 0.1) is 16.8 Å². The van der Waals surface area contributed by atoms with Crippen molar-refractivity contribution in [2.45, 2.75) is 52.0 Å². The van der Waals surface area contributed by atoms with Crippen LogP contribution in [0, 0.1) is 12.7 Å². The van der Waals surface area contributed by atoms with Gasteiger partial charge in [0.15, 0.2) is 11.6 Å². The molecule has 122 valence electrons. The monoisotopic (exact) mass is 320 g/mol. The van der Waals surface area contributed by atoms with Crippen molar-refractivity contribution in [3.63, 3.8) is 0 Å².